The van der Waals surface area contributed by atoms with Gasteiger partial charge in [-0.2, -0.15) is 0 Å². The molecule has 0 radical (unpaired) electrons. The van der Waals surface area contributed by atoms with Gasteiger partial charge in [-0.25, -0.2) is 8.42 Å². The predicted molar refractivity (Wildman–Crippen MR) is 87.7 cm³/mol. The summed E-state index contributed by atoms with van der Waals surface area (Å²) < 4.78 is 28.8. The molecule has 2 aromatic carbocycles. The van der Waals surface area contributed by atoms with E-state index < -0.39 is 9.84 Å². The van der Waals surface area contributed by atoms with E-state index in [1.807, 2.05) is 25.1 Å². The summed E-state index contributed by atoms with van der Waals surface area (Å²) in [5, 5.41) is 1.51. The van der Waals surface area contributed by atoms with Crippen LogP contribution in [0.2, 0.25) is 5.02 Å². The van der Waals surface area contributed by atoms with Crippen LogP contribution in [0.4, 0.5) is 0 Å². The SMILES string of the molecule is Cc1[nH]c2ccc(Cl)cc2c1Oc1ccc(S(C)(=O)=O)cc1. The summed E-state index contributed by atoms with van der Waals surface area (Å²) in [6.45, 7) is 1.91. The van der Waals surface area contributed by atoms with Crippen LogP contribution in [0, 0.1) is 6.92 Å². The van der Waals surface area contributed by atoms with Crippen molar-refractivity contribution in [3.05, 3.63) is 53.2 Å². The van der Waals surface area contributed by atoms with Crippen LogP contribution in [0.1, 0.15) is 5.69 Å². The first-order chi connectivity index (χ1) is 10.3. The lowest BCUT2D eigenvalue weighted by Gasteiger charge is -2.07. The number of benzene rings is 2. The van der Waals surface area contributed by atoms with Crippen LogP contribution in [0.15, 0.2) is 47.4 Å². The number of fused-ring (bicyclic) bond motifs is 1. The lowest BCUT2D eigenvalue weighted by molar-refractivity contribution is 0.483. The molecule has 3 aromatic rings. The van der Waals surface area contributed by atoms with Crippen molar-refractivity contribution in [2.24, 2.45) is 0 Å². The summed E-state index contributed by atoms with van der Waals surface area (Å²) >= 11 is 6.04. The first kappa shape index (κ1) is 14.9. The van der Waals surface area contributed by atoms with Gasteiger partial charge < -0.3 is 9.72 Å². The van der Waals surface area contributed by atoms with E-state index in [1.54, 1.807) is 12.1 Å². The number of nitrogens with one attached hydrogen (secondary N) is 1. The highest BCUT2D eigenvalue weighted by Gasteiger charge is 2.12. The smallest absolute Gasteiger partial charge is 0.175 e. The van der Waals surface area contributed by atoms with Gasteiger partial charge in [0.1, 0.15) is 5.75 Å². The van der Waals surface area contributed by atoms with Crippen molar-refractivity contribution in [1.82, 2.24) is 4.98 Å². The molecule has 0 saturated heterocycles. The Labute approximate surface area is 133 Å². The number of aromatic nitrogens is 1. The molecule has 4 nitrogen and oxygen atoms in total. The summed E-state index contributed by atoms with van der Waals surface area (Å²) in [6.07, 6.45) is 1.18. The number of rotatable bonds is 3. The minimum Gasteiger partial charge on any atom is -0.455 e. The highest BCUT2D eigenvalue weighted by atomic mass is 35.5. The van der Waals surface area contributed by atoms with Gasteiger partial charge in [-0.3, -0.25) is 0 Å². The lowest BCUT2D eigenvalue weighted by atomic mass is 10.2. The zero-order valence-corrected chi connectivity index (χ0v) is 13.6. The summed E-state index contributed by atoms with van der Waals surface area (Å²) in [4.78, 5) is 3.49. The molecule has 0 fully saturated rings. The fourth-order valence-corrected chi connectivity index (χ4v) is 3.08. The van der Waals surface area contributed by atoms with Gasteiger partial charge in [0, 0.05) is 22.2 Å². The summed E-state index contributed by atoms with van der Waals surface area (Å²) in [6, 6.07) is 11.9. The maximum Gasteiger partial charge on any atom is 0.175 e. The number of ether oxygens (including phenoxy) is 1. The van der Waals surface area contributed by atoms with Crippen molar-refractivity contribution in [2.45, 2.75) is 11.8 Å². The Morgan fingerprint density at radius 3 is 2.41 bits per heavy atom. The second kappa shape index (κ2) is 5.34. The van der Waals surface area contributed by atoms with E-state index in [-0.39, 0.29) is 4.90 Å². The molecule has 22 heavy (non-hydrogen) atoms. The molecule has 0 unspecified atom stereocenters. The van der Waals surface area contributed by atoms with Crippen molar-refractivity contribution in [2.75, 3.05) is 6.26 Å². The Morgan fingerprint density at radius 1 is 1.09 bits per heavy atom. The standard InChI is InChI=1S/C16H14ClNO3S/c1-10-16(14-9-11(17)3-8-15(14)18-10)21-12-4-6-13(7-5-12)22(2,19)20/h3-9,18H,1-2H3. The van der Waals surface area contributed by atoms with Crippen LogP contribution in [-0.2, 0) is 9.84 Å². The van der Waals surface area contributed by atoms with E-state index in [2.05, 4.69) is 4.98 Å². The normalized spacial score (nSPS) is 11.8. The largest absolute Gasteiger partial charge is 0.455 e. The number of aromatic amines is 1. The molecule has 1 N–H and O–H groups in total. The molecule has 0 spiro atoms. The van der Waals surface area contributed by atoms with Gasteiger partial charge in [-0.05, 0) is 49.4 Å². The van der Waals surface area contributed by atoms with Crippen LogP contribution in [0.3, 0.4) is 0 Å². The number of sulfone groups is 1. The third-order valence-electron chi connectivity index (χ3n) is 3.36. The maximum atomic E-state index is 11.5. The van der Waals surface area contributed by atoms with Crippen LogP contribution in [0.25, 0.3) is 10.9 Å². The molecule has 0 atom stereocenters. The molecule has 0 aliphatic rings. The summed E-state index contributed by atoms with van der Waals surface area (Å²) in [7, 11) is -3.21. The molecule has 0 amide bonds. The number of hydrogen-bond acceptors (Lipinski definition) is 3. The minimum absolute atomic E-state index is 0.263. The summed E-state index contributed by atoms with van der Waals surface area (Å²) in [5.41, 5.74) is 1.81. The van der Waals surface area contributed by atoms with Crippen molar-refractivity contribution in [3.63, 3.8) is 0 Å². The van der Waals surface area contributed by atoms with Gasteiger partial charge in [-0.15, -0.1) is 0 Å². The Hall–Kier alpha value is -1.98. The average Bonchev–Trinajstić information content (AvgIpc) is 2.75. The van der Waals surface area contributed by atoms with Crippen LogP contribution in [0.5, 0.6) is 11.5 Å². The zero-order chi connectivity index (χ0) is 15.9. The van der Waals surface area contributed by atoms with E-state index in [1.165, 1.54) is 18.4 Å². The Bertz CT molecular complexity index is 943. The first-order valence-corrected chi connectivity index (χ1v) is 8.87. The lowest BCUT2D eigenvalue weighted by Crippen LogP contribution is -1.96. The van der Waals surface area contributed by atoms with Gasteiger partial charge in [0.2, 0.25) is 0 Å². The topological polar surface area (TPSA) is 59.2 Å². The van der Waals surface area contributed by atoms with Crippen molar-refractivity contribution < 1.29 is 13.2 Å². The van der Waals surface area contributed by atoms with Gasteiger partial charge in [-0.1, -0.05) is 11.6 Å². The highest BCUT2D eigenvalue weighted by molar-refractivity contribution is 7.90. The molecule has 1 aromatic heterocycles. The Kier molecular flexibility index (Phi) is 3.62. The van der Waals surface area contributed by atoms with Gasteiger partial charge in [0.25, 0.3) is 0 Å². The van der Waals surface area contributed by atoms with Crippen molar-refractivity contribution in [1.29, 1.82) is 0 Å². The highest BCUT2D eigenvalue weighted by Crippen LogP contribution is 2.35. The molecule has 1 heterocycles. The number of hydrogen-bond donors (Lipinski definition) is 1. The monoisotopic (exact) mass is 335 g/mol. The molecule has 114 valence electrons. The molecule has 0 aliphatic carbocycles. The second-order valence-electron chi connectivity index (χ2n) is 5.11. The fraction of sp³-hybridized carbons (Fsp3) is 0.125. The molecule has 0 aliphatic heterocycles. The quantitative estimate of drug-likeness (QED) is 0.775. The maximum absolute atomic E-state index is 11.5. The van der Waals surface area contributed by atoms with Crippen LogP contribution >= 0.6 is 11.6 Å². The molecule has 3 rings (SSSR count). The van der Waals surface area contributed by atoms with Crippen molar-refractivity contribution in [3.8, 4) is 11.5 Å². The average molecular weight is 336 g/mol. The van der Waals surface area contributed by atoms with E-state index in [0.29, 0.717) is 16.5 Å². The Balaban J connectivity index is 2.00. The van der Waals surface area contributed by atoms with E-state index in [0.717, 1.165) is 16.6 Å². The van der Waals surface area contributed by atoms with Crippen LogP contribution < -0.4 is 4.74 Å². The Morgan fingerprint density at radius 2 is 1.77 bits per heavy atom. The van der Waals surface area contributed by atoms with Gasteiger partial charge in [0.15, 0.2) is 15.6 Å². The number of H-pyrrole nitrogens is 1. The van der Waals surface area contributed by atoms with E-state index >= 15 is 0 Å². The van der Waals surface area contributed by atoms with Gasteiger partial charge >= 0.3 is 0 Å². The fourth-order valence-electron chi connectivity index (χ4n) is 2.28. The molecule has 0 saturated carbocycles. The number of aryl methyl sites for hydroxylation is 1. The number of halogens is 1. The third-order valence-corrected chi connectivity index (χ3v) is 4.72. The molecular weight excluding hydrogens is 322 g/mol. The molecule has 6 heteroatoms. The molecule has 0 bridgehead atoms. The molecular formula is C16H14ClNO3S. The van der Waals surface area contributed by atoms with Crippen LogP contribution in [-0.4, -0.2) is 19.7 Å². The summed E-state index contributed by atoms with van der Waals surface area (Å²) in [5.74, 6) is 1.25. The van der Waals surface area contributed by atoms with E-state index in [4.69, 9.17) is 16.3 Å². The van der Waals surface area contributed by atoms with Crippen molar-refractivity contribution >= 4 is 32.3 Å². The first-order valence-electron chi connectivity index (χ1n) is 6.60. The predicted octanol–water partition coefficient (Wildman–Crippen LogP) is 4.33. The third kappa shape index (κ3) is 2.82. The zero-order valence-electron chi connectivity index (χ0n) is 12.1. The van der Waals surface area contributed by atoms with Gasteiger partial charge in [0.05, 0.1) is 10.6 Å². The van der Waals surface area contributed by atoms with E-state index in [9.17, 15) is 8.42 Å². The minimum atomic E-state index is -3.21. The second-order valence-corrected chi connectivity index (χ2v) is 7.57.